The van der Waals surface area contributed by atoms with E-state index >= 15 is 0 Å². The Morgan fingerprint density at radius 1 is 1.12 bits per heavy atom. The number of nitrogens with zero attached hydrogens (tertiary/aromatic N) is 1. The minimum absolute atomic E-state index is 0.179. The van der Waals surface area contributed by atoms with Crippen LogP contribution in [-0.2, 0) is 11.3 Å². The van der Waals surface area contributed by atoms with E-state index in [-0.39, 0.29) is 12.1 Å². The lowest BCUT2D eigenvalue weighted by atomic mass is 9.97. The van der Waals surface area contributed by atoms with Crippen LogP contribution in [0.4, 0.5) is 9.59 Å². The molecule has 7 heteroatoms. The molecule has 1 aliphatic rings. The van der Waals surface area contributed by atoms with Crippen molar-refractivity contribution in [2.24, 2.45) is 5.92 Å². The van der Waals surface area contributed by atoms with Crippen LogP contribution in [0.2, 0.25) is 0 Å². The molecule has 1 aliphatic heterocycles. The quantitative estimate of drug-likeness (QED) is 0.862. The number of hydrogen-bond donors (Lipinski definition) is 2. The van der Waals surface area contributed by atoms with E-state index in [1.54, 1.807) is 12.0 Å². The topological polar surface area (TPSA) is 79.9 Å². The molecule has 0 aromatic heterocycles. The maximum absolute atomic E-state index is 11.9. The predicted molar refractivity (Wildman–Crippen MR) is 89.9 cm³/mol. The van der Waals surface area contributed by atoms with Crippen molar-refractivity contribution in [2.75, 3.05) is 33.9 Å². The largest absolute Gasteiger partial charge is 0.497 e. The van der Waals surface area contributed by atoms with Crippen molar-refractivity contribution in [3.05, 3.63) is 29.8 Å². The van der Waals surface area contributed by atoms with Gasteiger partial charge in [0.1, 0.15) is 5.75 Å². The van der Waals surface area contributed by atoms with Crippen LogP contribution in [-0.4, -0.2) is 50.9 Å². The third kappa shape index (κ3) is 5.33. The molecule has 3 amide bonds. The van der Waals surface area contributed by atoms with Gasteiger partial charge in [-0.1, -0.05) is 12.1 Å². The first-order chi connectivity index (χ1) is 11.6. The molecule has 2 N–H and O–H groups in total. The van der Waals surface area contributed by atoms with E-state index in [1.165, 1.54) is 7.11 Å². The average Bonchev–Trinajstić information content (AvgIpc) is 2.64. The number of piperidine rings is 1. The minimum atomic E-state index is -0.279. The van der Waals surface area contributed by atoms with Crippen molar-refractivity contribution in [3.8, 4) is 5.75 Å². The lowest BCUT2D eigenvalue weighted by Gasteiger charge is -2.30. The second-order valence-electron chi connectivity index (χ2n) is 5.81. The maximum atomic E-state index is 11.9. The molecule has 1 fully saturated rings. The summed E-state index contributed by atoms with van der Waals surface area (Å²) in [6.07, 6.45) is 1.46. The molecule has 1 saturated heterocycles. The highest BCUT2D eigenvalue weighted by Crippen LogP contribution is 2.16. The molecule has 24 heavy (non-hydrogen) atoms. The van der Waals surface area contributed by atoms with Crippen LogP contribution in [0, 0.1) is 5.92 Å². The summed E-state index contributed by atoms with van der Waals surface area (Å²) in [7, 11) is 3.01. The number of carbonyl (C=O) groups excluding carboxylic acids is 2. The van der Waals surface area contributed by atoms with Crippen molar-refractivity contribution >= 4 is 12.1 Å². The Bertz CT molecular complexity index is 539. The van der Waals surface area contributed by atoms with Gasteiger partial charge in [-0.3, -0.25) is 0 Å². The molecule has 0 saturated carbocycles. The van der Waals surface area contributed by atoms with Gasteiger partial charge >= 0.3 is 12.1 Å². The van der Waals surface area contributed by atoms with Crippen LogP contribution in [0.25, 0.3) is 0 Å². The predicted octanol–water partition coefficient (Wildman–Crippen LogP) is 1.97. The van der Waals surface area contributed by atoms with E-state index in [2.05, 4.69) is 10.6 Å². The number of likely N-dealkylation sites (tertiary alicyclic amines) is 1. The van der Waals surface area contributed by atoms with Gasteiger partial charge in [0.05, 0.1) is 14.2 Å². The fourth-order valence-corrected chi connectivity index (χ4v) is 2.67. The number of amides is 3. The number of hydrogen-bond acceptors (Lipinski definition) is 4. The fraction of sp³-hybridized carbons (Fsp3) is 0.529. The average molecular weight is 335 g/mol. The molecule has 2 rings (SSSR count). The zero-order valence-corrected chi connectivity index (χ0v) is 14.2. The Kier molecular flexibility index (Phi) is 6.72. The number of benzene rings is 1. The van der Waals surface area contributed by atoms with E-state index in [4.69, 9.17) is 9.47 Å². The molecular formula is C17H25N3O4. The number of nitrogens with one attached hydrogen (secondary N) is 2. The van der Waals surface area contributed by atoms with Crippen molar-refractivity contribution in [1.29, 1.82) is 0 Å². The highest BCUT2D eigenvalue weighted by Gasteiger charge is 2.23. The smallest absolute Gasteiger partial charge is 0.409 e. The summed E-state index contributed by atoms with van der Waals surface area (Å²) in [6, 6.07) is 7.39. The summed E-state index contributed by atoms with van der Waals surface area (Å²) in [4.78, 5) is 25.0. The van der Waals surface area contributed by atoms with E-state index < -0.39 is 0 Å². The van der Waals surface area contributed by atoms with Crippen LogP contribution < -0.4 is 15.4 Å². The lowest BCUT2D eigenvalue weighted by Crippen LogP contribution is -2.43. The molecule has 0 aliphatic carbocycles. The number of methoxy groups -OCH3 is 2. The van der Waals surface area contributed by atoms with Gasteiger partial charge in [0.25, 0.3) is 0 Å². The first-order valence-electron chi connectivity index (χ1n) is 8.10. The molecule has 1 aromatic carbocycles. The van der Waals surface area contributed by atoms with Crippen LogP contribution in [0.15, 0.2) is 24.3 Å². The maximum Gasteiger partial charge on any atom is 0.409 e. The molecule has 0 spiro atoms. The molecule has 1 aromatic rings. The Labute approximate surface area is 142 Å². The van der Waals surface area contributed by atoms with E-state index in [0.29, 0.717) is 32.1 Å². The number of rotatable bonds is 5. The summed E-state index contributed by atoms with van der Waals surface area (Å²) >= 11 is 0. The second kappa shape index (κ2) is 9.00. The Morgan fingerprint density at radius 2 is 1.79 bits per heavy atom. The van der Waals surface area contributed by atoms with Crippen LogP contribution >= 0.6 is 0 Å². The SMILES string of the molecule is COC(=O)N1CCC(CNC(=O)NCc2ccc(OC)cc2)CC1. The van der Waals surface area contributed by atoms with Gasteiger partial charge in [-0.25, -0.2) is 9.59 Å². The number of carbonyl (C=O) groups is 2. The lowest BCUT2D eigenvalue weighted by molar-refractivity contribution is 0.106. The standard InChI is InChI=1S/C17H25N3O4/c1-23-15-5-3-13(4-6-15)11-18-16(21)19-12-14-7-9-20(10-8-14)17(22)24-2/h3-6,14H,7-12H2,1-2H3,(H2,18,19,21). The van der Waals surface area contributed by atoms with Crippen LogP contribution in [0.5, 0.6) is 5.75 Å². The summed E-state index contributed by atoms with van der Waals surface area (Å²) in [6.45, 7) is 2.43. The third-order valence-electron chi connectivity index (χ3n) is 4.21. The molecule has 132 valence electrons. The Hall–Kier alpha value is -2.44. The zero-order valence-electron chi connectivity index (χ0n) is 14.2. The van der Waals surface area contributed by atoms with Gasteiger partial charge < -0.3 is 25.0 Å². The third-order valence-corrected chi connectivity index (χ3v) is 4.21. The number of ether oxygens (including phenoxy) is 2. The Morgan fingerprint density at radius 3 is 2.38 bits per heavy atom. The van der Waals surface area contributed by atoms with Gasteiger partial charge in [-0.05, 0) is 36.5 Å². The van der Waals surface area contributed by atoms with Crippen molar-refractivity contribution in [1.82, 2.24) is 15.5 Å². The van der Waals surface area contributed by atoms with Gasteiger partial charge in [0.2, 0.25) is 0 Å². The van der Waals surface area contributed by atoms with Crippen molar-refractivity contribution in [3.63, 3.8) is 0 Å². The zero-order chi connectivity index (χ0) is 17.4. The van der Waals surface area contributed by atoms with Crippen LogP contribution in [0.1, 0.15) is 18.4 Å². The van der Waals surface area contributed by atoms with Crippen molar-refractivity contribution < 1.29 is 19.1 Å². The van der Waals surface area contributed by atoms with Gasteiger partial charge in [-0.15, -0.1) is 0 Å². The highest BCUT2D eigenvalue weighted by molar-refractivity contribution is 5.73. The molecule has 0 atom stereocenters. The highest BCUT2D eigenvalue weighted by atomic mass is 16.5. The molecule has 0 unspecified atom stereocenters. The number of urea groups is 1. The first kappa shape index (κ1) is 17.9. The summed E-state index contributed by atoms with van der Waals surface area (Å²) in [5, 5.41) is 5.73. The molecule has 1 heterocycles. The van der Waals surface area contributed by atoms with Crippen LogP contribution in [0.3, 0.4) is 0 Å². The molecule has 0 radical (unpaired) electrons. The fourth-order valence-electron chi connectivity index (χ4n) is 2.67. The van der Waals surface area contributed by atoms with Crippen molar-refractivity contribution in [2.45, 2.75) is 19.4 Å². The Balaban J connectivity index is 1.64. The van der Waals surface area contributed by atoms with E-state index in [9.17, 15) is 9.59 Å². The second-order valence-corrected chi connectivity index (χ2v) is 5.81. The molecular weight excluding hydrogens is 310 g/mol. The van der Waals surface area contributed by atoms with Gasteiger partial charge in [0.15, 0.2) is 0 Å². The van der Waals surface area contributed by atoms with Gasteiger partial charge in [0, 0.05) is 26.2 Å². The first-order valence-corrected chi connectivity index (χ1v) is 8.10. The van der Waals surface area contributed by atoms with Gasteiger partial charge in [-0.2, -0.15) is 0 Å². The van der Waals surface area contributed by atoms with E-state index in [0.717, 1.165) is 24.2 Å². The summed E-state index contributed by atoms with van der Waals surface area (Å²) in [5.41, 5.74) is 1.01. The normalized spacial score (nSPS) is 14.8. The molecule has 0 bridgehead atoms. The van der Waals surface area contributed by atoms with E-state index in [1.807, 2.05) is 24.3 Å². The minimum Gasteiger partial charge on any atom is -0.497 e. The summed E-state index contributed by atoms with van der Waals surface area (Å²) < 4.78 is 9.81. The summed E-state index contributed by atoms with van der Waals surface area (Å²) in [5.74, 6) is 1.18. The molecule has 7 nitrogen and oxygen atoms in total. The monoisotopic (exact) mass is 335 g/mol.